The van der Waals surface area contributed by atoms with Crippen LogP contribution in [0.15, 0.2) is 12.1 Å². The highest BCUT2D eigenvalue weighted by atomic mass is 32.2. The SMILES string of the molecule is COc1c(CSC#N)cc(C(C)(C)C)cc1CSC#N. The number of rotatable bonds is 5. The van der Waals surface area contributed by atoms with Crippen LogP contribution in [-0.4, -0.2) is 7.11 Å². The van der Waals surface area contributed by atoms with Crippen LogP contribution in [0.3, 0.4) is 0 Å². The number of thioether (sulfide) groups is 2. The van der Waals surface area contributed by atoms with Gasteiger partial charge in [-0.1, -0.05) is 32.9 Å². The first-order valence-corrected chi connectivity index (χ1v) is 8.13. The van der Waals surface area contributed by atoms with Crippen molar-refractivity contribution in [3.8, 4) is 16.6 Å². The van der Waals surface area contributed by atoms with Crippen LogP contribution >= 0.6 is 23.5 Å². The lowest BCUT2D eigenvalue weighted by Gasteiger charge is -2.23. The van der Waals surface area contributed by atoms with E-state index in [0.29, 0.717) is 11.5 Å². The van der Waals surface area contributed by atoms with Crippen LogP contribution < -0.4 is 4.74 Å². The largest absolute Gasteiger partial charge is 0.496 e. The van der Waals surface area contributed by atoms with Crippen LogP contribution in [0.2, 0.25) is 0 Å². The Morgan fingerprint density at radius 1 is 1.05 bits per heavy atom. The zero-order valence-electron chi connectivity index (χ0n) is 12.2. The van der Waals surface area contributed by atoms with Crippen LogP contribution in [0.5, 0.6) is 5.75 Å². The van der Waals surface area contributed by atoms with E-state index < -0.39 is 0 Å². The van der Waals surface area contributed by atoms with E-state index in [4.69, 9.17) is 15.3 Å². The predicted molar refractivity (Wildman–Crippen MR) is 85.5 cm³/mol. The smallest absolute Gasteiger partial charge is 0.133 e. The van der Waals surface area contributed by atoms with Crippen molar-refractivity contribution in [2.45, 2.75) is 37.7 Å². The van der Waals surface area contributed by atoms with E-state index in [1.54, 1.807) is 7.11 Å². The average Bonchev–Trinajstić information content (AvgIpc) is 2.40. The standard InChI is InChI=1S/C15H18N2OS2/c1-15(2,3)13-5-11(7-19-9-16)14(18-4)12(6-13)8-20-10-17/h5-6H,7-8H2,1-4H3. The molecule has 0 spiro atoms. The fourth-order valence-electron chi connectivity index (χ4n) is 1.88. The molecule has 0 aliphatic rings. The third-order valence-corrected chi connectivity index (χ3v) is 4.07. The van der Waals surface area contributed by atoms with E-state index in [0.717, 1.165) is 16.9 Å². The number of ether oxygens (including phenoxy) is 1. The summed E-state index contributed by atoms with van der Waals surface area (Å²) in [5.74, 6) is 1.98. The van der Waals surface area contributed by atoms with Crippen LogP contribution in [0.25, 0.3) is 0 Å². The van der Waals surface area contributed by atoms with Crippen molar-refractivity contribution in [1.82, 2.24) is 0 Å². The summed E-state index contributed by atoms with van der Waals surface area (Å²) >= 11 is 2.39. The topological polar surface area (TPSA) is 56.8 Å². The maximum atomic E-state index is 8.76. The summed E-state index contributed by atoms with van der Waals surface area (Å²) in [4.78, 5) is 0. The second kappa shape index (κ2) is 7.47. The lowest BCUT2D eigenvalue weighted by Crippen LogP contribution is -2.13. The molecule has 0 bridgehead atoms. The van der Waals surface area contributed by atoms with Gasteiger partial charge in [0.2, 0.25) is 0 Å². The van der Waals surface area contributed by atoms with Crippen molar-refractivity contribution < 1.29 is 4.74 Å². The molecule has 0 heterocycles. The number of benzene rings is 1. The molecule has 0 radical (unpaired) electrons. The number of nitrogens with zero attached hydrogens (tertiary/aromatic N) is 2. The molecule has 0 aliphatic heterocycles. The van der Waals surface area contributed by atoms with Gasteiger partial charge in [0, 0.05) is 22.6 Å². The van der Waals surface area contributed by atoms with Gasteiger partial charge in [0.05, 0.1) is 7.11 Å². The van der Waals surface area contributed by atoms with E-state index in [2.05, 4.69) is 43.7 Å². The Hall–Kier alpha value is -1.30. The summed E-state index contributed by atoms with van der Waals surface area (Å²) in [7, 11) is 1.63. The summed E-state index contributed by atoms with van der Waals surface area (Å²) in [5.41, 5.74) is 3.24. The van der Waals surface area contributed by atoms with Crippen molar-refractivity contribution in [3.63, 3.8) is 0 Å². The molecule has 1 rings (SSSR count). The first-order valence-electron chi connectivity index (χ1n) is 6.16. The minimum absolute atomic E-state index is 0.0182. The van der Waals surface area contributed by atoms with Gasteiger partial charge in [-0.05, 0) is 34.5 Å². The molecule has 1 aromatic carbocycles. The summed E-state index contributed by atoms with van der Waals surface area (Å²) in [5, 5.41) is 21.7. The average molecular weight is 306 g/mol. The van der Waals surface area contributed by atoms with Gasteiger partial charge in [-0.25, -0.2) is 0 Å². The van der Waals surface area contributed by atoms with Gasteiger partial charge >= 0.3 is 0 Å². The molecule has 0 saturated heterocycles. The highest BCUT2D eigenvalue weighted by molar-refractivity contribution is 8.03. The maximum Gasteiger partial charge on any atom is 0.133 e. The zero-order chi connectivity index (χ0) is 15.2. The molecule has 106 valence electrons. The lowest BCUT2D eigenvalue weighted by atomic mass is 9.85. The number of hydrogen-bond acceptors (Lipinski definition) is 5. The Morgan fingerprint density at radius 3 is 1.80 bits per heavy atom. The molecule has 0 unspecified atom stereocenters. The highest BCUT2D eigenvalue weighted by Gasteiger charge is 2.19. The first kappa shape index (κ1) is 16.8. The van der Waals surface area contributed by atoms with Crippen molar-refractivity contribution in [1.29, 1.82) is 10.5 Å². The van der Waals surface area contributed by atoms with Crippen molar-refractivity contribution in [2.24, 2.45) is 0 Å². The van der Waals surface area contributed by atoms with Gasteiger partial charge in [-0.15, -0.1) is 0 Å². The Bertz CT molecular complexity index is 511. The van der Waals surface area contributed by atoms with Gasteiger partial charge in [0.25, 0.3) is 0 Å². The minimum Gasteiger partial charge on any atom is -0.496 e. The van der Waals surface area contributed by atoms with E-state index in [-0.39, 0.29) is 5.41 Å². The van der Waals surface area contributed by atoms with Gasteiger partial charge < -0.3 is 4.74 Å². The van der Waals surface area contributed by atoms with E-state index in [9.17, 15) is 0 Å². The number of methoxy groups -OCH3 is 1. The Kier molecular flexibility index (Phi) is 6.26. The molecule has 0 atom stereocenters. The molecule has 0 N–H and O–H groups in total. The third-order valence-electron chi connectivity index (χ3n) is 2.90. The van der Waals surface area contributed by atoms with Gasteiger partial charge in [0.1, 0.15) is 16.6 Å². The Labute approximate surface area is 129 Å². The van der Waals surface area contributed by atoms with Crippen LogP contribution in [0.1, 0.15) is 37.5 Å². The molecule has 0 saturated carbocycles. The number of thiocyanates is 2. The highest BCUT2D eigenvalue weighted by Crippen LogP contribution is 2.35. The molecule has 20 heavy (non-hydrogen) atoms. The van der Waals surface area contributed by atoms with Crippen LogP contribution in [-0.2, 0) is 16.9 Å². The summed E-state index contributed by atoms with van der Waals surface area (Å²) in [6.45, 7) is 6.45. The Morgan fingerprint density at radius 2 is 1.50 bits per heavy atom. The van der Waals surface area contributed by atoms with Gasteiger partial charge in [0.15, 0.2) is 0 Å². The van der Waals surface area contributed by atoms with E-state index in [1.807, 2.05) is 0 Å². The number of nitriles is 2. The minimum atomic E-state index is 0.0182. The second-order valence-corrected chi connectivity index (χ2v) is 6.86. The maximum absolute atomic E-state index is 8.76. The first-order chi connectivity index (χ1) is 9.43. The third kappa shape index (κ3) is 4.37. The molecule has 3 nitrogen and oxygen atoms in total. The molecular weight excluding hydrogens is 288 g/mol. The lowest BCUT2D eigenvalue weighted by molar-refractivity contribution is 0.407. The normalized spacial score (nSPS) is 10.7. The van der Waals surface area contributed by atoms with Crippen molar-refractivity contribution in [2.75, 3.05) is 7.11 Å². The molecule has 0 amide bonds. The molecule has 5 heteroatoms. The van der Waals surface area contributed by atoms with Gasteiger partial charge in [-0.2, -0.15) is 10.5 Å². The predicted octanol–water partition coefficient (Wildman–Crippen LogP) is 4.42. The Balaban J connectivity index is 3.32. The molecule has 0 aliphatic carbocycles. The van der Waals surface area contributed by atoms with Crippen molar-refractivity contribution >= 4 is 23.5 Å². The fourth-order valence-corrected chi connectivity index (χ4v) is 2.75. The van der Waals surface area contributed by atoms with Crippen LogP contribution in [0, 0.1) is 21.3 Å². The second-order valence-electron chi connectivity index (χ2n) is 5.34. The zero-order valence-corrected chi connectivity index (χ0v) is 13.8. The molecular formula is C15H18N2OS2. The quantitative estimate of drug-likeness (QED) is 0.754. The monoisotopic (exact) mass is 306 g/mol. The molecule has 0 aromatic heterocycles. The van der Waals surface area contributed by atoms with Gasteiger partial charge in [-0.3, -0.25) is 0 Å². The fraction of sp³-hybridized carbons (Fsp3) is 0.467. The van der Waals surface area contributed by atoms with E-state index >= 15 is 0 Å². The summed E-state index contributed by atoms with van der Waals surface area (Å²) in [6, 6.07) is 4.20. The van der Waals surface area contributed by atoms with E-state index in [1.165, 1.54) is 29.1 Å². The molecule has 0 fully saturated rings. The van der Waals surface area contributed by atoms with Crippen LogP contribution in [0.4, 0.5) is 0 Å². The summed E-state index contributed by atoms with van der Waals surface area (Å²) < 4.78 is 5.49. The summed E-state index contributed by atoms with van der Waals surface area (Å²) in [6.07, 6.45) is 0. The van der Waals surface area contributed by atoms with Crippen molar-refractivity contribution in [3.05, 3.63) is 28.8 Å². The molecule has 1 aromatic rings. The number of hydrogen-bond donors (Lipinski definition) is 0.